The molecule has 4 rings (SSSR count). The van der Waals surface area contributed by atoms with Gasteiger partial charge in [-0.1, -0.05) is 17.3 Å². The smallest absolute Gasteiger partial charge is 0.321 e. The minimum Gasteiger partial charge on any atom is -0.360 e. The highest BCUT2D eigenvalue weighted by atomic mass is 19.1. The van der Waals surface area contributed by atoms with Gasteiger partial charge in [0.1, 0.15) is 22.8 Å². The highest BCUT2D eigenvalue weighted by Gasteiger charge is 2.30. The van der Waals surface area contributed by atoms with Crippen LogP contribution in [-0.4, -0.2) is 53.1 Å². The van der Waals surface area contributed by atoms with Gasteiger partial charge in [-0.3, -0.25) is 4.79 Å². The summed E-state index contributed by atoms with van der Waals surface area (Å²) in [6.45, 7) is 5.27. The van der Waals surface area contributed by atoms with Crippen LogP contribution in [0, 0.1) is 19.7 Å². The molecule has 7 nitrogen and oxygen atoms in total. The number of halogens is 1. The third-order valence-corrected chi connectivity index (χ3v) is 5.32. The number of aromatic nitrogens is 1. The number of hydrogen-bond donors (Lipinski definition) is 1. The zero-order valence-corrected chi connectivity index (χ0v) is 17.4. The van der Waals surface area contributed by atoms with Crippen molar-refractivity contribution in [3.05, 3.63) is 71.2 Å². The molecule has 1 N–H and O–H groups in total. The standard InChI is InChI=1S/C23H23FN4O3/c1-15-4-3-5-19(14-15)25-23(30)28-12-10-27(11-13-28)22(29)20-16(2)31-26-21(20)17-6-8-18(24)9-7-17/h3-9,14H,10-13H2,1-2H3,(H,25,30). The fourth-order valence-electron chi connectivity index (χ4n) is 3.62. The van der Waals surface area contributed by atoms with E-state index in [9.17, 15) is 14.0 Å². The highest BCUT2D eigenvalue weighted by molar-refractivity contribution is 6.01. The second-order valence-corrected chi connectivity index (χ2v) is 7.55. The molecule has 1 aliphatic rings. The molecule has 3 amide bonds. The van der Waals surface area contributed by atoms with Crippen molar-refractivity contribution in [1.29, 1.82) is 0 Å². The summed E-state index contributed by atoms with van der Waals surface area (Å²) in [5, 5.41) is 6.91. The lowest BCUT2D eigenvalue weighted by atomic mass is 10.0. The maximum atomic E-state index is 13.3. The van der Waals surface area contributed by atoms with Gasteiger partial charge < -0.3 is 19.6 Å². The Morgan fingerprint density at radius 1 is 1.00 bits per heavy atom. The van der Waals surface area contributed by atoms with Crippen molar-refractivity contribution in [3.8, 4) is 11.3 Å². The molecule has 0 bridgehead atoms. The van der Waals surface area contributed by atoms with E-state index >= 15 is 0 Å². The molecule has 160 valence electrons. The number of urea groups is 1. The molecule has 8 heteroatoms. The first-order valence-corrected chi connectivity index (χ1v) is 10.1. The molecule has 0 aliphatic carbocycles. The Bertz CT molecular complexity index is 1100. The number of nitrogens with one attached hydrogen (secondary N) is 1. The van der Waals surface area contributed by atoms with Gasteiger partial charge in [0.15, 0.2) is 0 Å². The van der Waals surface area contributed by atoms with E-state index in [2.05, 4.69) is 10.5 Å². The van der Waals surface area contributed by atoms with Crippen LogP contribution >= 0.6 is 0 Å². The fourth-order valence-corrected chi connectivity index (χ4v) is 3.62. The van der Waals surface area contributed by atoms with E-state index in [1.54, 1.807) is 28.9 Å². The van der Waals surface area contributed by atoms with Gasteiger partial charge in [0, 0.05) is 37.4 Å². The number of piperazine rings is 1. The van der Waals surface area contributed by atoms with Crippen molar-refractivity contribution in [3.63, 3.8) is 0 Å². The van der Waals surface area contributed by atoms with Gasteiger partial charge >= 0.3 is 6.03 Å². The topological polar surface area (TPSA) is 78.7 Å². The Hall–Kier alpha value is -3.68. The average molecular weight is 422 g/mol. The van der Waals surface area contributed by atoms with Gasteiger partial charge in [-0.15, -0.1) is 0 Å². The molecule has 0 saturated carbocycles. The van der Waals surface area contributed by atoms with Gasteiger partial charge in [-0.2, -0.15) is 0 Å². The van der Waals surface area contributed by atoms with Crippen LogP contribution < -0.4 is 5.32 Å². The molecule has 2 aromatic carbocycles. The molecule has 1 aromatic heterocycles. The molecule has 3 aromatic rings. The maximum Gasteiger partial charge on any atom is 0.321 e. The first-order chi connectivity index (χ1) is 14.9. The summed E-state index contributed by atoms with van der Waals surface area (Å²) >= 11 is 0. The number of anilines is 1. The second-order valence-electron chi connectivity index (χ2n) is 7.55. The Morgan fingerprint density at radius 2 is 1.68 bits per heavy atom. The summed E-state index contributed by atoms with van der Waals surface area (Å²) in [5.74, 6) is -0.169. The van der Waals surface area contributed by atoms with Crippen LogP contribution in [0.5, 0.6) is 0 Å². The molecule has 0 spiro atoms. The molecule has 1 fully saturated rings. The van der Waals surface area contributed by atoms with Crippen LogP contribution in [0.1, 0.15) is 21.7 Å². The third kappa shape index (κ3) is 4.42. The van der Waals surface area contributed by atoms with Crippen LogP contribution in [0.4, 0.5) is 14.9 Å². The Labute approximate surface area is 179 Å². The summed E-state index contributed by atoms with van der Waals surface area (Å²) in [4.78, 5) is 29.1. The molecule has 31 heavy (non-hydrogen) atoms. The van der Waals surface area contributed by atoms with Gasteiger partial charge in [-0.25, -0.2) is 9.18 Å². The largest absolute Gasteiger partial charge is 0.360 e. The average Bonchev–Trinajstić information content (AvgIpc) is 3.15. The van der Waals surface area contributed by atoms with Crippen molar-refractivity contribution in [2.24, 2.45) is 0 Å². The molecule has 0 unspecified atom stereocenters. The summed E-state index contributed by atoms with van der Waals surface area (Å²) in [5.41, 5.74) is 3.17. The molecule has 0 radical (unpaired) electrons. The number of carbonyl (C=O) groups excluding carboxylic acids is 2. The van der Waals surface area contributed by atoms with Crippen molar-refractivity contribution >= 4 is 17.6 Å². The quantitative estimate of drug-likeness (QED) is 0.690. The summed E-state index contributed by atoms with van der Waals surface area (Å²) in [6.07, 6.45) is 0. The summed E-state index contributed by atoms with van der Waals surface area (Å²) in [7, 11) is 0. The zero-order valence-electron chi connectivity index (χ0n) is 17.4. The summed E-state index contributed by atoms with van der Waals surface area (Å²) < 4.78 is 18.5. The predicted octanol–water partition coefficient (Wildman–Crippen LogP) is 4.09. The van der Waals surface area contributed by atoms with Gasteiger partial charge in [0.25, 0.3) is 5.91 Å². The maximum absolute atomic E-state index is 13.3. The Morgan fingerprint density at radius 3 is 2.35 bits per heavy atom. The van der Waals surface area contributed by atoms with E-state index in [1.165, 1.54) is 12.1 Å². The second kappa shape index (κ2) is 8.59. The third-order valence-electron chi connectivity index (χ3n) is 5.32. The van der Waals surface area contributed by atoms with Crippen molar-refractivity contribution in [1.82, 2.24) is 15.0 Å². The van der Waals surface area contributed by atoms with Crippen molar-refractivity contribution in [2.75, 3.05) is 31.5 Å². The lowest BCUT2D eigenvalue weighted by Crippen LogP contribution is -2.51. The van der Waals surface area contributed by atoms with E-state index in [4.69, 9.17) is 4.52 Å². The number of aryl methyl sites for hydroxylation is 2. The van der Waals surface area contributed by atoms with Gasteiger partial charge in [0.2, 0.25) is 0 Å². The normalized spacial score (nSPS) is 13.9. The van der Waals surface area contributed by atoms with E-state index < -0.39 is 0 Å². The lowest BCUT2D eigenvalue weighted by molar-refractivity contribution is 0.0670. The number of rotatable bonds is 3. The Kier molecular flexibility index (Phi) is 5.70. The fraction of sp³-hybridized carbons (Fsp3) is 0.261. The first-order valence-electron chi connectivity index (χ1n) is 10.1. The lowest BCUT2D eigenvalue weighted by Gasteiger charge is -2.34. The minimum absolute atomic E-state index is 0.189. The monoisotopic (exact) mass is 422 g/mol. The van der Waals surface area contributed by atoms with Crippen LogP contribution in [-0.2, 0) is 0 Å². The van der Waals surface area contributed by atoms with Crippen LogP contribution in [0.2, 0.25) is 0 Å². The first kappa shape index (κ1) is 20.6. The van der Waals surface area contributed by atoms with Crippen molar-refractivity contribution in [2.45, 2.75) is 13.8 Å². The number of carbonyl (C=O) groups is 2. The molecule has 1 saturated heterocycles. The Balaban J connectivity index is 1.42. The van der Waals surface area contributed by atoms with E-state index in [0.717, 1.165) is 11.3 Å². The van der Waals surface area contributed by atoms with E-state index in [1.807, 2.05) is 31.2 Å². The molecule has 0 atom stereocenters. The SMILES string of the molecule is Cc1cccc(NC(=O)N2CCN(C(=O)c3c(-c4ccc(F)cc4)noc3C)CC2)c1. The summed E-state index contributed by atoms with van der Waals surface area (Å²) in [6, 6.07) is 13.2. The van der Waals surface area contributed by atoms with E-state index in [-0.39, 0.29) is 17.8 Å². The van der Waals surface area contributed by atoms with Crippen LogP contribution in [0.3, 0.4) is 0 Å². The van der Waals surface area contributed by atoms with E-state index in [0.29, 0.717) is 48.8 Å². The predicted molar refractivity (Wildman–Crippen MR) is 114 cm³/mol. The number of nitrogens with zero attached hydrogens (tertiary/aromatic N) is 3. The van der Waals surface area contributed by atoms with Gasteiger partial charge in [0.05, 0.1) is 0 Å². The minimum atomic E-state index is -0.364. The molecule has 1 aliphatic heterocycles. The molecular weight excluding hydrogens is 399 g/mol. The highest BCUT2D eigenvalue weighted by Crippen LogP contribution is 2.27. The molecule has 2 heterocycles. The van der Waals surface area contributed by atoms with Gasteiger partial charge in [-0.05, 0) is 55.8 Å². The van der Waals surface area contributed by atoms with Crippen LogP contribution in [0.15, 0.2) is 53.1 Å². The van der Waals surface area contributed by atoms with Crippen molar-refractivity contribution < 1.29 is 18.5 Å². The number of amides is 3. The number of hydrogen-bond acceptors (Lipinski definition) is 4. The number of benzene rings is 2. The molecular formula is C23H23FN4O3. The van der Waals surface area contributed by atoms with Crippen LogP contribution in [0.25, 0.3) is 11.3 Å². The zero-order chi connectivity index (χ0) is 22.0.